The Hall–Kier alpha value is -3.05. The first-order chi connectivity index (χ1) is 13.0. The molecule has 134 valence electrons. The Bertz CT molecular complexity index is 1090. The van der Waals surface area contributed by atoms with Crippen LogP contribution in [0.5, 0.6) is 0 Å². The molecular weight excluding hydrogens is 356 g/mol. The Kier molecular flexibility index (Phi) is 4.24. The van der Waals surface area contributed by atoms with Crippen molar-refractivity contribution in [2.75, 3.05) is 19.0 Å². The lowest BCUT2D eigenvalue weighted by atomic mass is 9.91. The quantitative estimate of drug-likeness (QED) is 0.514. The predicted octanol–water partition coefficient (Wildman–Crippen LogP) is 3.58. The summed E-state index contributed by atoms with van der Waals surface area (Å²) in [7, 11) is 5.85. The van der Waals surface area contributed by atoms with E-state index in [0.29, 0.717) is 21.7 Å². The number of carbonyl (C=O) groups is 2. The van der Waals surface area contributed by atoms with Crippen LogP contribution < -0.4 is 9.47 Å². The second-order valence-electron chi connectivity index (χ2n) is 6.70. The summed E-state index contributed by atoms with van der Waals surface area (Å²) in [5, 5.41) is 0.867. The van der Waals surface area contributed by atoms with Gasteiger partial charge in [-0.25, -0.2) is 0 Å². The molecule has 1 aliphatic rings. The lowest BCUT2D eigenvalue weighted by Gasteiger charge is -2.11. The summed E-state index contributed by atoms with van der Waals surface area (Å²) in [5.74, 6) is -0.162. The Morgan fingerprint density at radius 3 is 2.15 bits per heavy atom. The molecule has 0 fully saturated rings. The maximum absolute atomic E-state index is 12.9. The monoisotopic (exact) mass is 375 g/mol. The first kappa shape index (κ1) is 17.4. The summed E-state index contributed by atoms with van der Waals surface area (Å²) >= 11 is 1.36. The number of nitrogens with zero attached hydrogens (tertiary/aromatic N) is 2. The highest BCUT2D eigenvalue weighted by atomic mass is 32.1. The minimum atomic E-state index is -0.0889. The average molecular weight is 375 g/mol. The van der Waals surface area contributed by atoms with Crippen LogP contribution in [0.15, 0.2) is 48.5 Å². The van der Waals surface area contributed by atoms with Crippen molar-refractivity contribution in [3.8, 4) is 0 Å². The van der Waals surface area contributed by atoms with Gasteiger partial charge < -0.3 is 4.90 Å². The third-order valence-corrected chi connectivity index (χ3v) is 5.96. The second kappa shape index (κ2) is 6.59. The van der Waals surface area contributed by atoms with Crippen LogP contribution in [0, 0.1) is 0 Å². The lowest BCUT2D eigenvalue weighted by molar-refractivity contribution is -0.670. The normalized spacial score (nSPS) is 13.0. The Morgan fingerprint density at radius 2 is 1.52 bits per heavy atom. The van der Waals surface area contributed by atoms with Gasteiger partial charge in [-0.15, -0.1) is 0 Å². The number of rotatable bonds is 3. The summed E-state index contributed by atoms with van der Waals surface area (Å²) in [6, 6.07) is 15.2. The van der Waals surface area contributed by atoms with Gasteiger partial charge in [-0.3, -0.25) is 9.59 Å². The van der Waals surface area contributed by atoms with Crippen LogP contribution >= 0.6 is 11.3 Å². The van der Waals surface area contributed by atoms with E-state index < -0.39 is 0 Å². The third kappa shape index (κ3) is 2.90. The first-order valence-corrected chi connectivity index (χ1v) is 9.45. The van der Waals surface area contributed by atoms with E-state index in [9.17, 15) is 9.59 Å². The number of aromatic nitrogens is 1. The van der Waals surface area contributed by atoms with Gasteiger partial charge in [0.25, 0.3) is 16.5 Å². The van der Waals surface area contributed by atoms with E-state index in [-0.39, 0.29) is 11.6 Å². The number of carbonyl (C=O) groups excluding carboxylic acids is 2. The van der Waals surface area contributed by atoms with Crippen LogP contribution in [-0.4, -0.2) is 25.7 Å². The zero-order chi connectivity index (χ0) is 19.1. The summed E-state index contributed by atoms with van der Waals surface area (Å²) in [5.41, 5.74) is 3.65. The molecule has 0 saturated carbocycles. The molecule has 3 aromatic rings. The zero-order valence-corrected chi connectivity index (χ0v) is 16.2. The highest BCUT2D eigenvalue weighted by molar-refractivity contribution is 7.14. The number of fused-ring (bicyclic) bond motifs is 2. The Balaban J connectivity index is 1.70. The molecule has 1 aliphatic carbocycles. The van der Waals surface area contributed by atoms with E-state index in [1.807, 2.05) is 50.0 Å². The van der Waals surface area contributed by atoms with E-state index in [4.69, 9.17) is 0 Å². The standard InChI is InChI=1S/C22H19N2O2S/c1-23(2)15-11-8-14(9-12-15)10-13-18-24(3)19-20(25)16-6-4-5-7-17(16)21(26)22(19)27-18/h4-13H,1-3H3/q+1. The van der Waals surface area contributed by atoms with Gasteiger partial charge in [-0.05, 0) is 23.8 Å². The van der Waals surface area contributed by atoms with Crippen molar-refractivity contribution in [1.82, 2.24) is 0 Å². The fourth-order valence-electron chi connectivity index (χ4n) is 3.22. The van der Waals surface area contributed by atoms with Gasteiger partial charge in [0.2, 0.25) is 5.78 Å². The second-order valence-corrected chi connectivity index (χ2v) is 7.73. The largest absolute Gasteiger partial charge is 0.378 e. The SMILES string of the molecule is CN(C)c1ccc(/C=C/c2sc3c([n+]2C)C(=O)c2ccccc2C3=O)cc1. The van der Waals surface area contributed by atoms with Crippen molar-refractivity contribution in [3.05, 3.63) is 80.8 Å². The minimum Gasteiger partial charge on any atom is -0.378 e. The van der Waals surface area contributed by atoms with Gasteiger partial charge in [0, 0.05) is 37.0 Å². The van der Waals surface area contributed by atoms with E-state index in [2.05, 4.69) is 17.0 Å². The van der Waals surface area contributed by atoms with Crippen molar-refractivity contribution in [2.24, 2.45) is 7.05 Å². The van der Waals surface area contributed by atoms with Gasteiger partial charge in [0.15, 0.2) is 4.88 Å². The Morgan fingerprint density at radius 1 is 0.889 bits per heavy atom. The van der Waals surface area contributed by atoms with E-state index >= 15 is 0 Å². The average Bonchev–Trinajstić information content (AvgIpc) is 3.01. The molecule has 2 aromatic carbocycles. The van der Waals surface area contributed by atoms with Crippen molar-refractivity contribution in [3.63, 3.8) is 0 Å². The maximum Gasteiger partial charge on any atom is 0.276 e. The van der Waals surface area contributed by atoms with Gasteiger partial charge in [0.05, 0.1) is 0 Å². The van der Waals surface area contributed by atoms with Crippen LogP contribution in [0.25, 0.3) is 12.2 Å². The molecule has 0 aliphatic heterocycles. The van der Waals surface area contributed by atoms with Crippen LogP contribution in [0.2, 0.25) is 0 Å². The molecule has 0 radical (unpaired) electrons. The summed E-state index contributed by atoms with van der Waals surface area (Å²) in [6.45, 7) is 0. The number of anilines is 1. The van der Waals surface area contributed by atoms with Crippen molar-refractivity contribution < 1.29 is 14.2 Å². The molecule has 0 spiro atoms. The van der Waals surface area contributed by atoms with Crippen LogP contribution in [0.4, 0.5) is 5.69 Å². The zero-order valence-electron chi connectivity index (χ0n) is 15.4. The van der Waals surface area contributed by atoms with Crippen LogP contribution in [0.3, 0.4) is 0 Å². The number of thiazole rings is 1. The van der Waals surface area contributed by atoms with Gasteiger partial charge in [-0.2, -0.15) is 4.57 Å². The van der Waals surface area contributed by atoms with Crippen molar-refractivity contribution in [1.29, 1.82) is 0 Å². The van der Waals surface area contributed by atoms with Crippen molar-refractivity contribution in [2.45, 2.75) is 0 Å². The van der Waals surface area contributed by atoms with Crippen molar-refractivity contribution >= 4 is 40.7 Å². The first-order valence-electron chi connectivity index (χ1n) is 8.64. The summed E-state index contributed by atoms with van der Waals surface area (Å²) in [4.78, 5) is 28.2. The number of benzene rings is 2. The number of ketones is 2. The smallest absolute Gasteiger partial charge is 0.276 e. The highest BCUT2D eigenvalue weighted by Crippen LogP contribution is 2.30. The highest BCUT2D eigenvalue weighted by Gasteiger charge is 2.39. The molecule has 0 unspecified atom stereocenters. The molecule has 4 nitrogen and oxygen atoms in total. The van der Waals surface area contributed by atoms with E-state index in [1.54, 1.807) is 24.3 Å². The molecule has 0 N–H and O–H groups in total. The molecule has 4 rings (SSSR count). The number of hydrogen-bond acceptors (Lipinski definition) is 4. The van der Waals surface area contributed by atoms with E-state index in [1.165, 1.54) is 11.3 Å². The predicted molar refractivity (Wildman–Crippen MR) is 108 cm³/mol. The van der Waals surface area contributed by atoms with E-state index in [0.717, 1.165) is 16.3 Å². The topological polar surface area (TPSA) is 41.3 Å². The molecule has 1 heterocycles. The third-order valence-electron chi connectivity index (χ3n) is 4.75. The fraction of sp³-hybridized carbons (Fsp3) is 0.136. The number of hydrogen-bond donors (Lipinski definition) is 0. The maximum atomic E-state index is 12.9. The molecule has 0 atom stereocenters. The molecular formula is C22H19N2O2S+. The molecule has 0 amide bonds. The summed E-state index contributed by atoms with van der Waals surface area (Å²) < 4.78 is 1.82. The molecule has 0 bridgehead atoms. The minimum absolute atomic E-state index is 0.0733. The molecule has 5 heteroatoms. The van der Waals surface area contributed by atoms with Gasteiger partial charge in [0.1, 0.15) is 7.05 Å². The van der Waals surface area contributed by atoms with Gasteiger partial charge in [-0.1, -0.05) is 47.7 Å². The Labute approximate surface area is 162 Å². The molecule has 1 aromatic heterocycles. The lowest BCUT2D eigenvalue weighted by Crippen LogP contribution is -2.39. The fourth-order valence-corrected chi connectivity index (χ4v) is 4.32. The molecule has 27 heavy (non-hydrogen) atoms. The summed E-state index contributed by atoms with van der Waals surface area (Å²) in [6.07, 6.45) is 3.96. The van der Waals surface area contributed by atoms with Gasteiger partial charge >= 0.3 is 0 Å². The van der Waals surface area contributed by atoms with Crippen LogP contribution in [-0.2, 0) is 7.05 Å². The molecule has 0 saturated heterocycles. The van der Waals surface area contributed by atoms with Crippen LogP contribution in [0.1, 0.15) is 41.9 Å².